The van der Waals surface area contributed by atoms with Crippen molar-refractivity contribution in [2.75, 3.05) is 14.7 Å². The van der Waals surface area contributed by atoms with Gasteiger partial charge in [-0.15, -0.1) is 0 Å². The van der Waals surface area contributed by atoms with Gasteiger partial charge in [-0.25, -0.2) is 0 Å². The minimum atomic E-state index is 0.0263. The first-order valence-corrected chi connectivity index (χ1v) is 21.9. The highest BCUT2D eigenvalue weighted by Crippen LogP contribution is 2.46. The van der Waals surface area contributed by atoms with Crippen LogP contribution in [0.4, 0.5) is 51.2 Å². The lowest BCUT2D eigenvalue weighted by Gasteiger charge is -2.33. The lowest BCUT2D eigenvalue weighted by molar-refractivity contribution is 0.282. The zero-order valence-corrected chi connectivity index (χ0v) is 36.5. The Morgan fingerprint density at radius 1 is 0.365 bits per heavy atom. The second kappa shape index (κ2) is 18.3. The first-order chi connectivity index (χ1) is 30.8. The fourth-order valence-electron chi connectivity index (χ4n) is 8.36. The standard InChI is InChI=1S/C59H53N3O/c1-42-10-26-51(27-11-42)60(52-28-12-43(2)13-29-52)57-38-58(61(53-30-14-44(3)15-31-53)54-32-16-45(4)17-33-54)40-59(39-57)62(55-34-22-49(23-35-55)47-8-6-5-7-9-47)56-36-24-50(25-37-56)48-20-18-46(41-63)19-21-48/h5-6,8,10-40,63H,7,9,41H2,1-4H3. The fraction of sp³-hybridized carbons (Fsp3) is 0.119. The van der Waals surface area contributed by atoms with Crippen LogP contribution in [0.3, 0.4) is 0 Å². The van der Waals surface area contributed by atoms with Crippen LogP contribution in [-0.2, 0) is 6.61 Å². The van der Waals surface area contributed by atoms with Gasteiger partial charge < -0.3 is 19.8 Å². The molecule has 0 saturated carbocycles. The van der Waals surface area contributed by atoms with E-state index in [1.165, 1.54) is 33.4 Å². The number of aliphatic hydroxyl groups is 1. The molecule has 0 atom stereocenters. The smallest absolute Gasteiger partial charge is 0.0681 e. The molecule has 0 unspecified atom stereocenters. The summed E-state index contributed by atoms with van der Waals surface area (Å²) in [4.78, 5) is 7.13. The Labute approximate surface area is 373 Å². The summed E-state index contributed by atoms with van der Waals surface area (Å²) in [5, 5.41) is 9.70. The van der Waals surface area contributed by atoms with Crippen molar-refractivity contribution in [2.45, 2.75) is 47.1 Å². The molecule has 0 heterocycles. The molecule has 310 valence electrons. The van der Waals surface area contributed by atoms with Crippen LogP contribution in [-0.4, -0.2) is 5.11 Å². The van der Waals surface area contributed by atoms with E-state index >= 15 is 0 Å². The summed E-state index contributed by atoms with van der Waals surface area (Å²) in [5.74, 6) is 0. The third kappa shape index (κ3) is 9.13. The van der Waals surface area contributed by atoms with Crippen molar-refractivity contribution in [1.29, 1.82) is 0 Å². The molecule has 8 aromatic rings. The minimum Gasteiger partial charge on any atom is -0.392 e. The third-order valence-electron chi connectivity index (χ3n) is 11.9. The number of allylic oxidation sites excluding steroid dienone is 4. The van der Waals surface area contributed by atoms with Gasteiger partial charge in [0.1, 0.15) is 0 Å². The largest absolute Gasteiger partial charge is 0.392 e. The number of rotatable bonds is 12. The predicted molar refractivity (Wildman–Crippen MR) is 267 cm³/mol. The van der Waals surface area contributed by atoms with E-state index in [0.717, 1.165) is 80.7 Å². The molecule has 1 N–H and O–H groups in total. The lowest BCUT2D eigenvalue weighted by Crippen LogP contribution is -2.16. The highest BCUT2D eigenvalue weighted by atomic mass is 16.3. The molecule has 8 aromatic carbocycles. The van der Waals surface area contributed by atoms with Gasteiger partial charge in [-0.2, -0.15) is 0 Å². The zero-order chi connectivity index (χ0) is 43.3. The molecule has 1 aliphatic rings. The van der Waals surface area contributed by atoms with E-state index in [4.69, 9.17) is 0 Å². The number of benzene rings is 8. The second-order valence-corrected chi connectivity index (χ2v) is 16.7. The molecule has 0 spiro atoms. The molecular weight excluding hydrogens is 767 g/mol. The Balaban J connectivity index is 1.29. The molecular formula is C59H53N3O. The van der Waals surface area contributed by atoms with Gasteiger partial charge in [0, 0.05) is 34.1 Å². The van der Waals surface area contributed by atoms with Crippen LogP contribution in [0.1, 0.15) is 46.2 Å². The average molecular weight is 820 g/mol. The first-order valence-electron chi connectivity index (χ1n) is 21.9. The van der Waals surface area contributed by atoms with Gasteiger partial charge in [0.2, 0.25) is 0 Å². The van der Waals surface area contributed by atoms with Crippen molar-refractivity contribution < 1.29 is 5.11 Å². The van der Waals surface area contributed by atoms with Crippen LogP contribution in [0.15, 0.2) is 206 Å². The van der Waals surface area contributed by atoms with Gasteiger partial charge in [-0.05, 0) is 159 Å². The van der Waals surface area contributed by atoms with Gasteiger partial charge in [-0.1, -0.05) is 138 Å². The van der Waals surface area contributed by atoms with Crippen molar-refractivity contribution >= 4 is 56.8 Å². The van der Waals surface area contributed by atoms with Crippen molar-refractivity contribution in [3.05, 3.63) is 240 Å². The number of aryl methyl sites for hydroxylation is 4. The van der Waals surface area contributed by atoms with Crippen molar-refractivity contribution in [3.63, 3.8) is 0 Å². The first kappa shape index (κ1) is 41.0. The van der Waals surface area contributed by atoms with Crippen LogP contribution in [0, 0.1) is 27.7 Å². The summed E-state index contributed by atoms with van der Waals surface area (Å²) in [6, 6.07) is 68.3. The number of hydrogen-bond acceptors (Lipinski definition) is 4. The Kier molecular flexibility index (Phi) is 11.9. The number of anilines is 9. The predicted octanol–water partition coefficient (Wildman–Crippen LogP) is 16.2. The maximum Gasteiger partial charge on any atom is 0.0681 e. The Hall–Kier alpha value is -7.40. The summed E-state index contributed by atoms with van der Waals surface area (Å²) >= 11 is 0. The van der Waals surface area contributed by atoms with E-state index in [1.807, 2.05) is 12.1 Å². The minimum absolute atomic E-state index is 0.0263. The van der Waals surface area contributed by atoms with Gasteiger partial charge in [0.05, 0.1) is 23.7 Å². The number of aliphatic hydroxyl groups excluding tert-OH is 1. The van der Waals surface area contributed by atoms with E-state index in [1.54, 1.807) is 0 Å². The highest BCUT2D eigenvalue weighted by molar-refractivity contribution is 5.90. The maximum absolute atomic E-state index is 9.70. The highest BCUT2D eigenvalue weighted by Gasteiger charge is 2.23. The topological polar surface area (TPSA) is 30.0 Å². The normalized spacial score (nSPS) is 12.2. The van der Waals surface area contributed by atoms with Gasteiger partial charge >= 0.3 is 0 Å². The third-order valence-corrected chi connectivity index (χ3v) is 11.9. The molecule has 9 rings (SSSR count). The van der Waals surface area contributed by atoms with E-state index < -0.39 is 0 Å². The van der Waals surface area contributed by atoms with Gasteiger partial charge in [-0.3, -0.25) is 0 Å². The van der Waals surface area contributed by atoms with Crippen molar-refractivity contribution in [1.82, 2.24) is 0 Å². The molecule has 0 bridgehead atoms. The lowest BCUT2D eigenvalue weighted by atomic mass is 9.97. The molecule has 0 aliphatic heterocycles. The molecule has 1 aliphatic carbocycles. The average Bonchev–Trinajstić information content (AvgIpc) is 3.32. The summed E-state index contributed by atoms with van der Waals surface area (Å²) in [6.07, 6.45) is 8.75. The molecule has 0 radical (unpaired) electrons. The van der Waals surface area contributed by atoms with Crippen LogP contribution < -0.4 is 14.7 Å². The van der Waals surface area contributed by atoms with Crippen molar-refractivity contribution in [3.8, 4) is 11.1 Å². The van der Waals surface area contributed by atoms with E-state index in [0.29, 0.717) is 0 Å². The summed E-state index contributed by atoms with van der Waals surface area (Å²) < 4.78 is 0. The van der Waals surface area contributed by atoms with Crippen LogP contribution in [0.5, 0.6) is 0 Å². The molecule has 4 nitrogen and oxygen atoms in total. The molecule has 0 fully saturated rings. The summed E-state index contributed by atoms with van der Waals surface area (Å²) in [7, 11) is 0. The Bertz CT molecular complexity index is 2650. The monoisotopic (exact) mass is 819 g/mol. The van der Waals surface area contributed by atoms with E-state index in [9.17, 15) is 5.11 Å². The van der Waals surface area contributed by atoms with Gasteiger partial charge in [0.25, 0.3) is 0 Å². The summed E-state index contributed by atoms with van der Waals surface area (Å²) in [6.45, 7) is 8.58. The molecule has 0 amide bonds. The number of hydrogen-bond donors (Lipinski definition) is 1. The van der Waals surface area contributed by atoms with Crippen LogP contribution >= 0.6 is 0 Å². The SMILES string of the molecule is Cc1ccc(N(c2ccc(C)cc2)c2cc(N(c3ccc(C)cc3)c3ccc(C)cc3)cc(N(c3ccc(C4=CC=CCC4)cc3)c3ccc(-c4ccc(CO)cc4)cc3)c2)cc1. The molecule has 0 saturated heterocycles. The maximum atomic E-state index is 9.70. The van der Waals surface area contributed by atoms with E-state index in [-0.39, 0.29) is 6.61 Å². The van der Waals surface area contributed by atoms with E-state index in [2.05, 4.69) is 237 Å². The van der Waals surface area contributed by atoms with Crippen molar-refractivity contribution in [2.24, 2.45) is 0 Å². The van der Waals surface area contributed by atoms with Gasteiger partial charge in [0.15, 0.2) is 0 Å². The van der Waals surface area contributed by atoms with Crippen LogP contribution in [0.2, 0.25) is 0 Å². The van der Waals surface area contributed by atoms with Crippen LogP contribution in [0.25, 0.3) is 16.7 Å². The summed E-state index contributed by atoms with van der Waals surface area (Å²) in [5.41, 5.74) is 20.0. The molecule has 4 heteroatoms. The molecule has 63 heavy (non-hydrogen) atoms. The number of nitrogens with zero attached hydrogens (tertiary/aromatic N) is 3. The zero-order valence-electron chi connectivity index (χ0n) is 36.5. The fourth-order valence-corrected chi connectivity index (χ4v) is 8.36. The Morgan fingerprint density at radius 2 is 0.667 bits per heavy atom. The molecule has 0 aromatic heterocycles. The Morgan fingerprint density at radius 3 is 0.968 bits per heavy atom. The quantitative estimate of drug-likeness (QED) is 0.133. The second-order valence-electron chi connectivity index (χ2n) is 16.7.